The minimum absolute atomic E-state index is 0.0566. The van der Waals surface area contributed by atoms with Crippen molar-refractivity contribution in [2.24, 2.45) is 0 Å². The molecule has 0 unspecified atom stereocenters. The highest BCUT2D eigenvalue weighted by Gasteiger charge is 2.14. The van der Waals surface area contributed by atoms with E-state index in [1.165, 1.54) is 6.07 Å². The average molecular weight is 262 g/mol. The van der Waals surface area contributed by atoms with Crippen LogP contribution < -0.4 is 0 Å². The van der Waals surface area contributed by atoms with E-state index in [2.05, 4.69) is 0 Å². The van der Waals surface area contributed by atoms with Crippen molar-refractivity contribution in [2.75, 3.05) is 0 Å². The Hall–Kier alpha value is -2.74. The van der Waals surface area contributed by atoms with Gasteiger partial charge in [0.2, 0.25) is 0 Å². The molecule has 20 heavy (non-hydrogen) atoms. The minimum Gasteiger partial charge on any atom is -0.508 e. The van der Waals surface area contributed by atoms with Gasteiger partial charge in [-0.15, -0.1) is 0 Å². The van der Waals surface area contributed by atoms with Crippen molar-refractivity contribution >= 4 is 5.57 Å². The van der Waals surface area contributed by atoms with Crippen molar-refractivity contribution in [3.63, 3.8) is 0 Å². The van der Waals surface area contributed by atoms with E-state index < -0.39 is 0 Å². The molecule has 0 amide bonds. The summed E-state index contributed by atoms with van der Waals surface area (Å²) in [5.74, 6) is 0.131. The van der Waals surface area contributed by atoms with Crippen LogP contribution in [0, 0.1) is 0 Å². The summed E-state index contributed by atoms with van der Waals surface area (Å²) >= 11 is 0. The van der Waals surface area contributed by atoms with E-state index in [9.17, 15) is 10.2 Å². The summed E-state index contributed by atoms with van der Waals surface area (Å²) in [5, 5.41) is 19.6. The summed E-state index contributed by atoms with van der Waals surface area (Å²) in [6, 6.07) is 14.6. The van der Waals surface area contributed by atoms with E-state index in [-0.39, 0.29) is 11.5 Å². The molecule has 0 saturated heterocycles. The zero-order valence-electron chi connectivity index (χ0n) is 10.8. The smallest absolute Gasteiger partial charge is 0.127 e. The van der Waals surface area contributed by atoms with Crippen LogP contribution in [-0.2, 0) is 0 Å². The van der Waals surface area contributed by atoms with Crippen molar-refractivity contribution in [1.82, 2.24) is 0 Å². The Bertz CT molecular complexity index is 708. The summed E-state index contributed by atoms with van der Waals surface area (Å²) in [6.07, 6.45) is 7.95. The van der Waals surface area contributed by atoms with E-state index in [1.54, 1.807) is 12.1 Å². The number of phenolic OH excluding ortho intramolecular Hbond substituents is 2. The van der Waals surface area contributed by atoms with Crippen molar-refractivity contribution in [3.05, 3.63) is 89.5 Å². The lowest BCUT2D eigenvalue weighted by atomic mass is 9.92. The lowest BCUT2D eigenvalue weighted by Gasteiger charge is -2.13. The molecule has 0 aromatic heterocycles. The van der Waals surface area contributed by atoms with Gasteiger partial charge in [0.15, 0.2) is 0 Å². The molecule has 0 atom stereocenters. The van der Waals surface area contributed by atoms with Crippen molar-refractivity contribution in [3.8, 4) is 11.5 Å². The Labute approximate surface area is 117 Å². The predicted octanol–water partition coefficient (Wildman–Crippen LogP) is 4.03. The molecule has 98 valence electrons. The first-order valence-corrected chi connectivity index (χ1v) is 6.42. The summed E-state index contributed by atoms with van der Waals surface area (Å²) in [6.45, 7) is 0. The lowest BCUT2D eigenvalue weighted by molar-refractivity contribution is 0.449. The monoisotopic (exact) mass is 262 g/mol. The number of allylic oxidation sites excluding steroid dienone is 5. The molecule has 2 nitrogen and oxygen atoms in total. The molecule has 2 aromatic rings. The summed E-state index contributed by atoms with van der Waals surface area (Å²) in [4.78, 5) is 0. The minimum atomic E-state index is 0.0566. The maximum absolute atomic E-state index is 10.1. The van der Waals surface area contributed by atoms with E-state index in [4.69, 9.17) is 0 Å². The standard InChI is InChI=1S/C18H14O2/c19-15-10-11-16(17(20)12-15)18(14-8-4-5-9-14)13-6-2-1-3-7-13/h1-12,19-20H. The van der Waals surface area contributed by atoms with Gasteiger partial charge in [0.05, 0.1) is 0 Å². The van der Waals surface area contributed by atoms with Crippen molar-refractivity contribution in [2.45, 2.75) is 0 Å². The molecule has 0 heterocycles. The van der Waals surface area contributed by atoms with Gasteiger partial charge in [-0.2, -0.15) is 0 Å². The van der Waals surface area contributed by atoms with Crippen LogP contribution >= 0.6 is 0 Å². The van der Waals surface area contributed by atoms with E-state index in [0.29, 0.717) is 5.56 Å². The fourth-order valence-corrected chi connectivity index (χ4v) is 2.35. The molecule has 2 heteroatoms. The van der Waals surface area contributed by atoms with Gasteiger partial charge in [0, 0.05) is 11.6 Å². The van der Waals surface area contributed by atoms with Crippen LogP contribution in [0.5, 0.6) is 11.5 Å². The van der Waals surface area contributed by atoms with Gasteiger partial charge in [-0.05, 0) is 28.8 Å². The molecule has 0 saturated carbocycles. The maximum atomic E-state index is 10.1. The number of aromatic hydroxyl groups is 2. The third kappa shape index (κ3) is 2.24. The van der Waals surface area contributed by atoms with Gasteiger partial charge in [-0.3, -0.25) is 0 Å². The SMILES string of the molecule is Oc1ccc(C(=C2C=CC=C2)c2ccccc2)c(O)c1. The quantitative estimate of drug-likeness (QED) is 0.858. The molecule has 0 spiro atoms. The molecule has 2 aromatic carbocycles. The van der Waals surface area contributed by atoms with Gasteiger partial charge in [-0.1, -0.05) is 54.6 Å². The van der Waals surface area contributed by atoms with Crippen LogP contribution in [-0.4, -0.2) is 10.2 Å². The lowest BCUT2D eigenvalue weighted by Crippen LogP contribution is -1.92. The number of hydrogen-bond acceptors (Lipinski definition) is 2. The third-order valence-corrected chi connectivity index (χ3v) is 3.26. The first kappa shape index (κ1) is 12.3. The van der Waals surface area contributed by atoms with Crippen molar-refractivity contribution in [1.29, 1.82) is 0 Å². The molecule has 0 fully saturated rings. The van der Waals surface area contributed by atoms with E-state index in [1.807, 2.05) is 54.6 Å². The Morgan fingerprint density at radius 3 is 2.15 bits per heavy atom. The van der Waals surface area contributed by atoms with Gasteiger partial charge in [0.1, 0.15) is 11.5 Å². The second-order valence-corrected chi connectivity index (χ2v) is 4.62. The summed E-state index contributed by atoms with van der Waals surface area (Å²) in [7, 11) is 0. The molecule has 0 aliphatic heterocycles. The predicted molar refractivity (Wildman–Crippen MR) is 80.5 cm³/mol. The molecule has 3 rings (SSSR count). The van der Waals surface area contributed by atoms with E-state index in [0.717, 1.165) is 16.7 Å². The summed E-state index contributed by atoms with van der Waals surface area (Å²) < 4.78 is 0. The Balaban J connectivity index is 2.24. The van der Waals surface area contributed by atoms with Gasteiger partial charge in [0.25, 0.3) is 0 Å². The summed E-state index contributed by atoms with van der Waals surface area (Å²) in [5.41, 5.74) is 3.73. The number of phenols is 2. The highest BCUT2D eigenvalue weighted by Crippen LogP contribution is 2.36. The second-order valence-electron chi connectivity index (χ2n) is 4.62. The highest BCUT2D eigenvalue weighted by molar-refractivity contribution is 5.88. The van der Waals surface area contributed by atoms with E-state index >= 15 is 0 Å². The van der Waals surface area contributed by atoms with Crippen LogP contribution in [0.4, 0.5) is 0 Å². The average Bonchev–Trinajstić information content (AvgIpc) is 2.97. The maximum Gasteiger partial charge on any atom is 0.127 e. The van der Waals surface area contributed by atoms with Crippen LogP contribution in [0.1, 0.15) is 11.1 Å². The third-order valence-electron chi connectivity index (χ3n) is 3.26. The molecular formula is C18H14O2. The highest BCUT2D eigenvalue weighted by atomic mass is 16.3. The number of hydrogen-bond donors (Lipinski definition) is 2. The molecule has 1 aliphatic rings. The second kappa shape index (κ2) is 5.10. The van der Waals surface area contributed by atoms with Crippen molar-refractivity contribution < 1.29 is 10.2 Å². The van der Waals surface area contributed by atoms with Gasteiger partial charge < -0.3 is 10.2 Å². The molecular weight excluding hydrogens is 248 g/mol. The van der Waals surface area contributed by atoms with Crippen LogP contribution in [0.3, 0.4) is 0 Å². The van der Waals surface area contributed by atoms with Gasteiger partial charge >= 0.3 is 0 Å². The number of rotatable bonds is 2. The first-order valence-electron chi connectivity index (χ1n) is 6.42. The Morgan fingerprint density at radius 2 is 1.50 bits per heavy atom. The molecule has 2 N–H and O–H groups in total. The largest absolute Gasteiger partial charge is 0.508 e. The van der Waals surface area contributed by atoms with Crippen LogP contribution in [0.2, 0.25) is 0 Å². The van der Waals surface area contributed by atoms with Crippen LogP contribution in [0.15, 0.2) is 78.4 Å². The molecule has 0 bridgehead atoms. The first-order chi connectivity index (χ1) is 9.75. The molecule has 1 aliphatic carbocycles. The molecule has 0 radical (unpaired) electrons. The van der Waals surface area contributed by atoms with Crippen LogP contribution in [0.25, 0.3) is 5.57 Å². The Kier molecular flexibility index (Phi) is 3.13. The zero-order chi connectivity index (χ0) is 13.9. The topological polar surface area (TPSA) is 40.5 Å². The zero-order valence-corrected chi connectivity index (χ0v) is 10.8. The number of benzene rings is 2. The fourth-order valence-electron chi connectivity index (χ4n) is 2.35. The van der Waals surface area contributed by atoms with Gasteiger partial charge in [-0.25, -0.2) is 0 Å². The Morgan fingerprint density at radius 1 is 0.800 bits per heavy atom. The fraction of sp³-hybridized carbons (Fsp3) is 0. The normalized spacial score (nSPS) is 12.9.